The molecule has 6 aromatic carbocycles. The van der Waals surface area contributed by atoms with E-state index in [0.29, 0.717) is 33.4 Å². The lowest BCUT2D eigenvalue weighted by molar-refractivity contribution is 0.567. The first kappa shape index (κ1) is 49.8. The maximum Gasteiger partial charge on any atom is 0.0824 e. The van der Waals surface area contributed by atoms with Crippen LogP contribution in [-0.4, -0.2) is 0 Å². The molecule has 0 aliphatic heterocycles. The molecule has 0 N–H and O–H groups in total. The summed E-state index contributed by atoms with van der Waals surface area (Å²) in [7, 11) is 0. The number of hydrogen-bond acceptors (Lipinski definition) is 0. The van der Waals surface area contributed by atoms with Crippen LogP contribution in [0, 0.1) is 35.5 Å². The molecular formula is C70H62. The summed E-state index contributed by atoms with van der Waals surface area (Å²) < 4.78 is 0. The van der Waals surface area contributed by atoms with Crippen molar-refractivity contribution in [3.63, 3.8) is 0 Å². The molecule has 0 heteroatoms. The molecule has 0 saturated heterocycles. The molecule has 0 fully saturated rings. The highest BCUT2D eigenvalue weighted by atomic mass is 14.3. The van der Waals surface area contributed by atoms with Crippen molar-refractivity contribution >= 4 is 33.4 Å². The topological polar surface area (TPSA) is 0 Å². The van der Waals surface area contributed by atoms with E-state index in [4.69, 9.17) is 0 Å². The summed E-state index contributed by atoms with van der Waals surface area (Å²) in [5.41, 5.74) is 35.2. The van der Waals surface area contributed by atoms with E-state index in [2.05, 4.69) is 238 Å². The predicted molar refractivity (Wildman–Crippen MR) is 298 cm³/mol. The first-order valence-electron chi connectivity index (χ1n) is 24.1. The van der Waals surface area contributed by atoms with Crippen LogP contribution in [0.2, 0.25) is 0 Å². The molecule has 0 saturated carbocycles. The molecule has 0 unspecified atom stereocenters. The number of rotatable bonds is 6. The van der Waals surface area contributed by atoms with Gasteiger partial charge in [-0.1, -0.05) is 286 Å². The average molecular weight is 903 g/mol. The normalized spacial score (nSPS) is 13.3. The molecule has 1 aliphatic rings. The van der Waals surface area contributed by atoms with E-state index in [0.717, 1.165) is 33.4 Å². The van der Waals surface area contributed by atoms with Gasteiger partial charge in [-0.25, -0.2) is 0 Å². The molecule has 0 radical (unpaired) electrons. The molecular weight excluding hydrogens is 841 g/mol. The summed E-state index contributed by atoms with van der Waals surface area (Å²) >= 11 is 0. The fraction of sp³-hybridized carbons (Fsp3) is 0.229. The SMILES string of the molecule is CC(C)(C)c1cc(C2=C=C=C(c3ccccc3)C#CC(c3ccccc3)=C=C=C(c3cc(C(C)(C)C)cc(C(C)(C)C)c3)C#CC(c3ccccc3)=C=C=C(c3ccccc3)C#C2)cc(C(C)(C)C)c1. The lowest BCUT2D eigenvalue weighted by Gasteiger charge is -2.26. The van der Waals surface area contributed by atoms with E-state index in [1.165, 1.54) is 22.3 Å². The standard InChI is InChI=1S/C70H62/c1-67(2,3)63-45-61(46-64(49-63)68(4,5)6)59-41-37-55(51-25-17-13-18-26-51)33-35-57(53-29-21-15-22-30-53)39-43-60(62-47-65(69(7,8)9)50-66(48-62)70(10,11)12)44-40-58(54-31-23-16-24-32-54)36-34-56(38-42-59)52-27-19-14-20-28-52/h13-32,45-50H,1-12H3. The third-order valence-corrected chi connectivity index (χ3v) is 12.0. The maximum atomic E-state index is 3.59. The van der Waals surface area contributed by atoms with E-state index in [9.17, 15) is 0 Å². The maximum absolute atomic E-state index is 3.59. The van der Waals surface area contributed by atoms with Gasteiger partial charge in [-0.2, -0.15) is 0 Å². The van der Waals surface area contributed by atoms with Gasteiger partial charge in [0, 0.05) is 0 Å². The molecule has 0 amide bonds. The Morgan fingerprint density at radius 3 is 0.557 bits per heavy atom. The minimum absolute atomic E-state index is 0.121. The Balaban J connectivity index is 1.73. The van der Waals surface area contributed by atoms with Crippen LogP contribution in [0.5, 0.6) is 0 Å². The van der Waals surface area contributed by atoms with Crippen LogP contribution in [-0.2, 0) is 21.7 Å². The van der Waals surface area contributed by atoms with Crippen LogP contribution in [0.25, 0.3) is 33.4 Å². The highest BCUT2D eigenvalue weighted by molar-refractivity contribution is 5.91. The van der Waals surface area contributed by atoms with Gasteiger partial charge in [-0.05, 0) is 102 Å². The van der Waals surface area contributed by atoms with Crippen LogP contribution < -0.4 is 0 Å². The van der Waals surface area contributed by atoms with E-state index in [-0.39, 0.29) is 21.7 Å². The Morgan fingerprint density at radius 1 is 0.214 bits per heavy atom. The van der Waals surface area contributed by atoms with Crippen molar-refractivity contribution in [1.82, 2.24) is 0 Å². The zero-order valence-electron chi connectivity index (χ0n) is 43.0. The van der Waals surface area contributed by atoms with Crippen LogP contribution in [0.15, 0.2) is 192 Å². The molecule has 70 heavy (non-hydrogen) atoms. The Morgan fingerprint density at radius 2 is 0.386 bits per heavy atom. The fourth-order valence-corrected chi connectivity index (χ4v) is 7.50. The summed E-state index contributed by atoms with van der Waals surface area (Å²) in [5, 5.41) is 0. The lowest BCUT2D eigenvalue weighted by atomic mass is 9.79. The molecule has 0 bridgehead atoms. The Labute approximate surface area is 419 Å². The molecule has 0 nitrogen and oxygen atoms in total. The van der Waals surface area contributed by atoms with Gasteiger partial charge in [0.05, 0.1) is 33.4 Å². The molecule has 342 valence electrons. The molecule has 6 aromatic rings. The van der Waals surface area contributed by atoms with Crippen LogP contribution in [0.1, 0.15) is 139 Å². The highest BCUT2D eigenvalue weighted by Crippen LogP contribution is 2.34. The second-order valence-corrected chi connectivity index (χ2v) is 21.8. The van der Waals surface area contributed by atoms with Gasteiger partial charge in [-0.15, -0.1) is 0 Å². The van der Waals surface area contributed by atoms with Crippen molar-refractivity contribution in [2.75, 3.05) is 0 Å². The summed E-state index contributed by atoms with van der Waals surface area (Å²) in [5.74, 6) is 21.3. The first-order valence-corrected chi connectivity index (χ1v) is 24.1. The fourth-order valence-electron chi connectivity index (χ4n) is 7.50. The van der Waals surface area contributed by atoms with Gasteiger partial charge in [0.25, 0.3) is 0 Å². The Bertz CT molecular complexity index is 3170. The molecule has 7 rings (SSSR count). The van der Waals surface area contributed by atoms with E-state index in [1.54, 1.807) is 0 Å². The van der Waals surface area contributed by atoms with Crippen molar-refractivity contribution in [3.05, 3.63) is 248 Å². The zero-order chi connectivity index (χ0) is 50.1. The van der Waals surface area contributed by atoms with Crippen LogP contribution >= 0.6 is 0 Å². The summed E-state index contributed by atoms with van der Waals surface area (Å²) in [4.78, 5) is 0. The minimum atomic E-state index is -0.121. The Kier molecular flexibility index (Phi) is 15.0. The monoisotopic (exact) mass is 902 g/mol. The lowest BCUT2D eigenvalue weighted by Crippen LogP contribution is -2.17. The minimum Gasteiger partial charge on any atom is -0.0622 e. The van der Waals surface area contributed by atoms with Crippen LogP contribution in [0.3, 0.4) is 0 Å². The molecule has 0 spiro atoms. The third kappa shape index (κ3) is 13.1. The van der Waals surface area contributed by atoms with Crippen molar-refractivity contribution in [1.29, 1.82) is 0 Å². The first-order chi connectivity index (χ1) is 33.2. The summed E-state index contributed by atoms with van der Waals surface area (Å²) in [6.45, 7) is 27.0. The van der Waals surface area contributed by atoms with Gasteiger partial charge >= 0.3 is 0 Å². The van der Waals surface area contributed by atoms with Crippen molar-refractivity contribution in [3.8, 4) is 35.5 Å². The van der Waals surface area contributed by atoms with Gasteiger partial charge in [0.1, 0.15) is 0 Å². The molecule has 0 atom stereocenters. The largest absolute Gasteiger partial charge is 0.0824 e. The van der Waals surface area contributed by atoms with Crippen molar-refractivity contribution in [2.24, 2.45) is 0 Å². The average Bonchev–Trinajstić information content (AvgIpc) is 3.33. The van der Waals surface area contributed by atoms with Crippen molar-refractivity contribution in [2.45, 2.75) is 105 Å². The number of allylic oxidation sites excluding steroid dienone is 6. The second kappa shape index (κ2) is 21.0. The van der Waals surface area contributed by atoms with Gasteiger partial charge in [-0.3, -0.25) is 0 Å². The third-order valence-electron chi connectivity index (χ3n) is 12.0. The number of hydrogen-bond donors (Lipinski definition) is 0. The smallest absolute Gasteiger partial charge is 0.0622 e. The zero-order valence-corrected chi connectivity index (χ0v) is 43.0. The Hall–Kier alpha value is -8.10. The molecule has 0 heterocycles. The molecule has 0 aromatic heterocycles. The quantitative estimate of drug-likeness (QED) is 0.115. The van der Waals surface area contributed by atoms with Gasteiger partial charge in [0.15, 0.2) is 0 Å². The second-order valence-electron chi connectivity index (χ2n) is 21.8. The van der Waals surface area contributed by atoms with Gasteiger partial charge < -0.3 is 0 Å². The van der Waals surface area contributed by atoms with E-state index < -0.39 is 0 Å². The molecule has 1 aliphatic carbocycles. The summed E-state index contributed by atoms with van der Waals surface area (Å²) in [6.07, 6.45) is 0. The van der Waals surface area contributed by atoms with Crippen molar-refractivity contribution < 1.29 is 0 Å². The highest BCUT2D eigenvalue weighted by Gasteiger charge is 2.23. The van der Waals surface area contributed by atoms with E-state index in [1.807, 2.05) is 72.8 Å². The van der Waals surface area contributed by atoms with E-state index >= 15 is 0 Å². The summed E-state index contributed by atoms with van der Waals surface area (Å²) in [6, 6.07) is 54.2. The predicted octanol–water partition coefficient (Wildman–Crippen LogP) is 17.0. The van der Waals surface area contributed by atoms with Crippen LogP contribution in [0.4, 0.5) is 0 Å². The number of benzene rings is 6. The van der Waals surface area contributed by atoms with Gasteiger partial charge in [0.2, 0.25) is 0 Å².